The highest BCUT2D eigenvalue weighted by atomic mass is 31.2. The van der Waals surface area contributed by atoms with Gasteiger partial charge in [0.1, 0.15) is 36.6 Å². The minimum Gasteiger partial charge on any atom is -0.393 e. The molecule has 0 spiro atoms. The smallest absolute Gasteiger partial charge is 0.393 e. The van der Waals surface area contributed by atoms with E-state index in [1.165, 1.54) is 122 Å². The van der Waals surface area contributed by atoms with Crippen molar-refractivity contribution in [2.75, 3.05) is 6.61 Å². The normalized spacial score (nSPS) is 24.0. The Morgan fingerprint density at radius 2 is 1.00 bits per heavy atom. The Morgan fingerprint density at radius 3 is 1.44 bits per heavy atom. The molecule has 1 rings (SSSR count). The van der Waals surface area contributed by atoms with E-state index >= 15 is 0 Å². The summed E-state index contributed by atoms with van der Waals surface area (Å²) in [6.07, 6.45) is 20.2. The maximum absolute atomic E-state index is 12.9. The third-order valence-corrected chi connectivity index (χ3v) is 12.1. The van der Waals surface area contributed by atoms with Crippen molar-refractivity contribution in [3.63, 3.8) is 0 Å². The largest absolute Gasteiger partial charge is 0.472 e. The predicted octanol–water partition coefficient (Wildman–Crippen LogP) is 7.03. The van der Waals surface area contributed by atoms with Gasteiger partial charge in [0.2, 0.25) is 5.91 Å². The molecule has 9 N–H and O–H groups in total. The minimum atomic E-state index is -5.13. The van der Waals surface area contributed by atoms with Gasteiger partial charge in [-0.1, -0.05) is 180 Å². The Bertz CT molecular complexity index is 1040. The quantitative estimate of drug-likeness (QED) is 0.0175. The highest BCUT2D eigenvalue weighted by Crippen LogP contribution is 2.47. The summed E-state index contributed by atoms with van der Waals surface area (Å²) in [5, 5.41) is 74.3. The van der Waals surface area contributed by atoms with Gasteiger partial charge in [-0.15, -0.1) is 0 Å². The van der Waals surface area contributed by atoms with Gasteiger partial charge in [-0.2, -0.15) is 0 Å². The zero-order valence-electron chi connectivity index (χ0n) is 35.5. The topological polar surface area (TPSA) is 226 Å². The van der Waals surface area contributed by atoms with E-state index in [0.29, 0.717) is 12.8 Å². The van der Waals surface area contributed by atoms with Crippen molar-refractivity contribution < 1.29 is 59.0 Å². The number of phosphoric acid groups is 1. The highest BCUT2D eigenvalue weighted by Gasteiger charge is 2.51. The molecule has 338 valence electrons. The second-order valence-corrected chi connectivity index (χ2v) is 17.9. The van der Waals surface area contributed by atoms with Gasteiger partial charge >= 0.3 is 7.82 Å². The maximum Gasteiger partial charge on any atom is 0.472 e. The molecule has 8 unspecified atom stereocenters. The maximum atomic E-state index is 12.9. The second-order valence-electron chi connectivity index (χ2n) is 16.4. The van der Waals surface area contributed by atoms with Crippen LogP contribution in [0.1, 0.15) is 194 Å². The summed E-state index contributed by atoms with van der Waals surface area (Å²) in [7, 11) is -5.13. The average molecular weight is 838 g/mol. The summed E-state index contributed by atoms with van der Waals surface area (Å²) in [4.78, 5) is 23.4. The van der Waals surface area contributed by atoms with Gasteiger partial charge in [0.05, 0.1) is 31.3 Å². The van der Waals surface area contributed by atoms with E-state index in [9.17, 15) is 50.0 Å². The Hall–Kier alpha value is -0.960. The zero-order valence-corrected chi connectivity index (χ0v) is 36.4. The molecule has 0 saturated heterocycles. The van der Waals surface area contributed by atoms with Crippen LogP contribution in [-0.4, -0.2) is 108 Å². The Balaban J connectivity index is 2.57. The first-order chi connectivity index (χ1) is 27.3. The number of allylic oxidation sites excluding steroid dienone is 1. The first-order valence-corrected chi connectivity index (χ1v) is 24.2. The Morgan fingerprint density at radius 1 is 0.614 bits per heavy atom. The molecule has 1 saturated carbocycles. The zero-order chi connectivity index (χ0) is 42.3. The molecular formula is C43H84NO12P. The van der Waals surface area contributed by atoms with Gasteiger partial charge in [0.25, 0.3) is 0 Å². The van der Waals surface area contributed by atoms with Crippen molar-refractivity contribution in [3.8, 4) is 0 Å². The number of aliphatic hydroxyl groups excluding tert-OH is 7. The lowest BCUT2D eigenvalue weighted by atomic mass is 9.85. The SMILES string of the molecule is CCCCCCCCCCCCCCCCC/C=C/C(O)C(COP(=O)(O)OC1C(O)C(O)C(O)C(O)C1O)NC(=O)CC(O)CCCCCCCCCCCC. The number of nitrogens with one attached hydrogen (secondary N) is 1. The minimum absolute atomic E-state index is 0.241. The molecular weight excluding hydrogens is 753 g/mol. The van der Waals surface area contributed by atoms with E-state index < -0.39 is 75.2 Å². The lowest BCUT2D eigenvalue weighted by molar-refractivity contribution is -0.220. The summed E-state index contributed by atoms with van der Waals surface area (Å²) in [5.41, 5.74) is 0. The fourth-order valence-corrected chi connectivity index (χ4v) is 8.33. The molecule has 0 aromatic rings. The number of aliphatic hydroxyl groups is 7. The van der Waals surface area contributed by atoms with Crippen LogP contribution in [0.25, 0.3) is 0 Å². The fourth-order valence-electron chi connectivity index (χ4n) is 7.36. The average Bonchev–Trinajstić information content (AvgIpc) is 3.18. The first-order valence-electron chi connectivity index (χ1n) is 22.7. The van der Waals surface area contributed by atoms with Crippen molar-refractivity contribution in [1.29, 1.82) is 0 Å². The van der Waals surface area contributed by atoms with Crippen LogP contribution in [0, 0.1) is 0 Å². The van der Waals surface area contributed by atoms with Gasteiger partial charge in [-0.3, -0.25) is 13.8 Å². The number of carbonyl (C=O) groups is 1. The molecule has 0 aromatic heterocycles. The molecule has 1 amide bonds. The summed E-state index contributed by atoms with van der Waals surface area (Å²) < 4.78 is 22.8. The molecule has 0 heterocycles. The van der Waals surface area contributed by atoms with Crippen LogP contribution >= 0.6 is 7.82 Å². The summed E-state index contributed by atoms with van der Waals surface area (Å²) in [6.45, 7) is 3.72. The van der Waals surface area contributed by atoms with Crippen molar-refractivity contribution >= 4 is 13.7 Å². The lowest BCUT2D eigenvalue weighted by Gasteiger charge is -2.41. The van der Waals surface area contributed by atoms with Crippen molar-refractivity contribution in [2.24, 2.45) is 0 Å². The van der Waals surface area contributed by atoms with Crippen molar-refractivity contribution in [2.45, 2.75) is 249 Å². The van der Waals surface area contributed by atoms with Gasteiger partial charge in [0, 0.05) is 0 Å². The molecule has 8 atom stereocenters. The molecule has 0 bridgehead atoms. The first kappa shape index (κ1) is 54.1. The number of unbranched alkanes of at least 4 members (excludes halogenated alkanes) is 24. The van der Waals surface area contributed by atoms with Crippen molar-refractivity contribution in [3.05, 3.63) is 12.2 Å². The Labute approximate surface area is 344 Å². The lowest BCUT2D eigenvalue weighted by Crippen LogP contribution is -2.64. The summed E-state index contributed by atoms with van der Waals surface area (Å²) >= 11 is 0. The van der Waals surface area contributed by atoms with Crippen LogP contribution in [0.15, 0.2) is 12.2 Å². The number of rotatable bonds is 37. The standard InChI is InChI=1S/C43H84NO12P/c1-3-5-7-9-11-13-15-16-17-18-19-20-21-23-25-27-29-31-36(46)35(33-55-57(53,54)56-43-41(51)39(49)38(48)40(50)42(43)52)44-37(47)32-34(45)30-28-26-24-22-14-12-10-8-6-4-2/h29,31,34-36,38-43,45-46,48-52H,3-28,30,32-33H2,1-2H3,(H,44,47)(H,53,54)/b31-29+. The molecule has 1 aliphatic carbocycles. The number of amides is 1. The third kappa shape index (κ3) is 26.1. The van der Waals surface area contributed by atoms with Crippen LogP contribution in [-0.2, 0) is 18.4 Å². The molecule has 1 aliphatic rings. The summed E-state index contributed by atoms with van der Waals surface area (Å²) in [5.74, 6) is -0.593. The molecule has 57 heavy (non-hydrogen) atoms. The Kier molecular flexibility index (Phi) is 32.0. The third-order valence-electron chi connectivity index (χ3n) is 11.1. The number of hydrogen-bond acceptors (Lipinski definition) is 11. The van der Waals surface area contributed by atoms with E-state index in [-0.39, 0.29) is 6.42 Å². The fraction of sp³-hybridized carbons (Fsp3) is 0.930. The molecule has 0 radical (unpaired) electrons. The van der Waals surface area contributed by atoms with Crippen LogP contribution < -0.4 is 5.32 Å². The number of carbonyl (C=O) groups excluding carboxylic acids is 1. The molecule has 14 heteroatoms. The van der Waals surface area contributed by atoms with Crippen LogP contribution in [0.4, 0.5) is 0 Å². The predicted molar refractivity (Wildman–Crippen MR) is 224 cm³/mol. The van der Waals surface area contributed by atoms with E-state index in [0.717, 1.165) is 44.9 Å². The second kappa shape index (κ2) is 33.7. The van der Waals surface area contributed by atoms with E-state index in [2.05, 4.69) is 19.2 Å². The molecule has 13 nitrogen and oxygen atoms in total. The number of phosphoric ester groups is 1. The van der Waals surface area contributed by atoms with Gasteiger partial charge in [-0.25, -0.2) is 4.57 Å². The van der Waals surface area contributed by atoms with E-state index in [4.69, 9.17) is 9.05 Å². The van der Waals surface area contributed by atoms with E-state index in [1.54, 1.807) is 6.08 Å². The van der Waals surface area contributed by atoms with Crippen LogP contribution in [0.5, 0.6) is 0 Å². The summed E-state index contributed by atoms with van der Waals surface area (Å²) in [6, 6.07) is -1.23. The number of hydrogen-bond donors (Lipinski definition) is 9. The van der Waals surface area contributed by atoms with Crippen LogP contribution in [0.2, 0.25) is 0 Å². The van der Waals surface area contributed by atoms with Gasteiger partial charge < -0.3 is 46.0 Å². The molecule has 1 fully saturated rings. The molecule has 0 aromatic carbocycles. The molecule has 0 aliphatic heterocycles. The monoisotopic (exact) mass is 838 g/mol. The highest BCUT2D eigenvalue weighted by molar-refractivity contribution is 7.47. The van der Waals surface area contributed by atoms with Gasteiger partial charge in [0.15, 0.2) is 0 Å². The van der Waals surface area contributed by atoms with Crippen LogP contribution in [0.3, 0.4) is 0 Å². The van der Waals surface area contributed by atoms with Crippen molar-refractivity contribution in [1.82, 2.24) is 5.32 Å². The van der Waals surface area contributed by atoms with Gasteiger partial charge in [-0.05, 0) is 19.3 Å². The van der Waals surface area contributed by atoms with E-state index in [1.807, 2.05) is 0 Å².